The Morgan fingerprint density at radius 2 is 2.25 bits per heavy atom. The molecule has 1 aromatic carbocycles. The van der Waals surface area contributed by atoms with Crippen LogP contribution < -0.4 is 10.1 Å². The van der Waals surface area contributed by atoms with Crippen molar-refractivity contribution in [2.45, 2.75) is 19.4 Å². The van der Waals surface area contributed by atoms with Gasteiger partial charge < -0.3 is 10.1 Å². The molecule has 0 aliphatic rings. The number of aryl methyl sites for hydroxylation is 1. The van der Waals surface area contributed by atoms with Gasteiger partial charge in [0.2, 0.25) is 0 Å². The number of benzene rings is 1. The predicted molar refractivity (Wildman–Crippen MR) is 81.8 cm³/mol. The zero-order chi connectivity index (χ0) is 14.5. The zero-order valence-electron chi connectivity index (χ0n) is 11.9. The smallest absolute Gasteiger partial charge is 0.138 e. The minimum absolute atomic E-state index is 0.199. The van der Waals surface area contributed by atoms with E-state index in [0.717, 1.165) is 29.0 Å². The van der Waals surface area contributed by atoms with E-state index >= 15 is 0 Å². The summed E-state index contributed by atoms with van der Waals surface area (Å²) in [7, 11) is 3.58. The van der Waals surface area contributed by atoms with Crippen LogP contribution in [0.2, 0.25) is 0 Å². The molecule has 20 heavy (non-hydrogen) atoms. The van der Waals surface area contributed by atoms with Crippen LogP contribution in [-0.4, -0.2) is 28.4 Å². The standard InChI is InChI=1S/C14H19BrN4O/c1-4-16-12(8-14-17-9-18-19(14)2)10-5-6-13(20-3)11(15)7-10/h5-7,9,12,16H,4,8H2,1-3H3. The number of hydrogen-bond acceptors (Lipinski definition) is 4. The van der Waals surface area contributed by atoms with E-state index in [1.54, 1.807) is 13.4 Å². The summed E-state index contributed by atoms with van der Waals surface area (Å²) >= 11 is 3.53. The summed E-state index contributed by atoms with van der Waals surface area (Å²) in [6.07, 6.45) is 2.38. The number of ether oxygens (including phenoxy) is 1. The summed E-state index contributed by atoms with van der Waals surface area (Å²) in [5.74, 6) is 1.80. The molecule has 5 nitrogen and oxygen atoms in total. The van der Waals surface area contributed by atoms with E-state index in [1.807, 2.05) is 17.8 Å². The van der Waals surface area contributed by atoms with Crippen LogP contribution in [-0.2, 0) is 13.5 Å². The maximum absolute atomic E-state index is 5.27. The van der Waals surface area contributed by atoms with Crippen LogP contribution in [0.3, 0.4) is 0 Å². The van der Waals surface area contributed by atoms with Crippen molar-refractivity contribution in [3.63, 3.8) is 0 Å². The van der Waals surface area contributed by atoms with Crippen molar-refractivity contribution < 1.29 is 4.74 Å². The Labute approximate surface area is 127 Å². The van der Waals surface area contributed by atoms with Gasteiger partial charge in [-0.25, -0.2) is 4.98 Å². The van der Waals surface area contributed by atoms with Gasteiger partial charge in [-0.1, -0.05) is 13.0 Å². The van der Waals surface area contributed by atoms with Gasteiger partial charge >= 0.3 is 0 Å². The van der Waals surface area contributed by atoms with Gasteiger partial charge in [-0.05, 0) is 40.2 Å². The molecule has 0 amide bonds. The molecule has 1 atom stereocenters. The average molecular weight is 339 g/mol. The Balaban J connectivity index is 2.24. The lowest BCUT2D eigenvalue weighted by Crippen LogP contribution is -2.24. The molecule has 1 unspecified atom stereocenters. The van der Waals surface area contributed by atoms with Gasteiger partial charge in [-0.2, -0.15) is 5.10 Å². The second-order valence-electron chi connectivity index (χ2n) is 4.51. The Morgan fingerprint density at radius 1 is 1.45 bits per heavy atom. The Morgan fingerprint density at radius 3 is 2.80 bits per heavy atom. The largest absolute Gasteiger partial charge is 0.496 e. The summed E-state index contributed by atoms with van der Waals surface area (Å²) in [4.78, 5) is 4.29. The molecule has 0 saturated carbocycles. The number of aromatic nitrogens is 3. The third kappa shape index (κ3) is 3.37. The first kappa shape index (κ1) is 15.0. The fourth-order valence-corrected chi connectivity index (χ4v) is 2.70. The van der Waals surface area contributed by atoms with E-state index in [-0.39, 0.29) is 6.04 Å². The first-order valence-electron chi connectivity index (χ1n) is 6.55. The SMILES string of the molecule is CCNC(Cc1ncnn1C)c1ccc(OC)c(Br)c1. The molecule has 0 fully saturated rings. The lowest BCUT2D eigenvalue weighted by molar-refractivity contribution is 0.411. The lowest BCUT2D eigenvalue weighted by atomic mass is 10.0. The van der Waals surface area contributed by atoms with Gasteiger partial charge in [-0.3, -0.25) is 4.68 Å². The summed E-state index contributed by atoms with van der Waals surface area (Å²) in [6, 6.07) is 6.33. The summed E-state index contributed by atoms with van der Waals surface area (Å²) in [6.45, 7) is 2.99. The van der Waals surface area contributed by atoms with Crippen LogP contribution in [0.15, 0.2) is 29.0 Å². The first-order valence-corrected chi connectivity index (χ1v) is 7.34. The van der Waals surface area contributed by atoms with Crippen LogP contribution in [0.4, 0.5) is 0 Å². The number of rotatable bonds is 6. The van der Waals surface area contributed by atoms with Gasteiger partial charge in [0.05, 0.1) is 11.6 Å². The maximum atomic E-state index is 5.27. The highest BCUT2D eigenvalue weighted by Gasteiger charge is 2.15. The molecule has 1 N–H and O–H groups in total. The Bertz CT molecular complexity index is 570. The molecule has 0 saturated heterocycles. The van der Waals surface area contributed by atoms with Gasteiger partial charge in [0.15, 0.2) is 0 Å². The second kappa shape index (κ2) is 6.85. The van der Waals surface area contributed by atoms with Crippen LogP contribution in [0.25, 0.3) is 0 Å². The molecule has 1 aromatic heterocycles. The fraction of sp³-hybridized carbons (Fsp3) is 0.429. The molecule has 0 spiro atoms. The molecule has 2 rings (SSSR count). The molecule has 1 heterocycles. The minimum Gasteiger partial charge on any atom is -0.496 e. The van der Waals surface area contributed by atoms with Gasteiger partial charge in [-0.15, -0.1) is 0 Å². The second-order valence-corrected chi connectivity index (χ2v) is 5.36. The van der Waals surface area contributed by atoms with Crippen molar-refractivity contribution in [1.82, 2.24) is 20.1 Å². The van der Waals surface area contributed by atoms with Gasteiger partial charge in [0.25, 0.3) is 0 Å². The van der Waals surface area contributed by atoms with Crippen molar-refractivity contribution in [3.8, 4) is 5.75 Å². The topological polar surface area (TPSA) is 52.0 Å². The molecule has 0 radical (unpaired) electrons. The average Bonchev–Trinajstić information content (AvgIpc) is 2.84. The fourth-order valence-electron chi connectivity index (χ4n) is 2.14. The Hall–Kier alpha value is -1.40. The van der Waals surface area contributed by atoms with Crippen molar-refractivity contribution in [2.75, 3.05) is 13.7 Å². The molecule has 0 aliphatic carbocycles. The summed E-state index contributed by atoms with van der Waals surface area (Å²) in [5, 5.41) is 7.60. The number of nitrogens with one attached hydrogen (secondary N) is 1. The van der Waals surface area contributed by atoms with Crippen LogP contribution in [0.1, 0.15) is 24.4 Å². The van der Waals surface area contributed by atoms with E-state index in [0.29, 0.717) is 0 Å². The monoisotopic (exact) mass is 338 g/mol. The van der Waals surface area contributed by atoms with Crippen molar-refractivity contribution in [2.24, 2.45) is 7.05 Å². The molecular formula is C14H19BrN4O. The molecule has 6 heteroatoms. The number of methoxy groups -OCH3 is 1. The quantitative estimate of drug-likeness (QED) is 0.879. The zero-order valence-corrected chi connectivity index (χ0v) is 13.5. The summed E-state index contributed by atoms with van der Waals surface area (Å²) < 4.78 is 8.04. The van der Waals surface area contributed by atoms with Crippen LogP contribution in [0.5, 0.6) is 5.75 Å². The van der Waals surface area contributed by atoms with E-state index in [1.165, 1.54) is 5.56 Å². The van der Waals surface area contributed by atoms with Crippen molar-refractivity contribution >= 4 is 15.9 Å². The van der Waals surface area contributed by atoms with E-state index in [9.17, 15) is 0 Å². The van der Waals surface area contributed by atoms with Crippen molar-refractivity contribution in [1.29, 1.82) is 0 Å². The molecule has 108 valence electrons. The number of nitrogens with zero attached hydrogens (tertiary/aromatic N) is 3. The maximum Gasteiger partial charge on any atom is 0.138 e. The molecule has 0 aliphatic heterocycles. The van der Waals surface area contributed by atoms with E-state index in [4.69, 9.17) is 4.74 Å². The number of likely N-dealkylation sites (N-methyl/N-ethyl adjacent to an activating group) is 1. The predicted octanol–water partition coefficient (Wildman–Crippen LogP) is 2.48. The lowest BCUT2D eigenvalue weighted by Gasteiger charge is -2.19. The highest BCUT2D eigenvalue weighted by molar-refractivity contribution is 9.10. The summed E-state index contributed by atoms with van der Waals surface area (Å²) in [5.41, 5.74) is 1.20. The first-order chi connectivity index (χ1) is 9.65. The highest BCUT2D eigenvalue weighted by atomic mass is 79.9. The highest BCUT2D eigenvalue weighted by Crippen LogP contribution is 2.29. The third-order valence-corrected chi connectivity index (χ3v) is 3.84. The molecular weight excluding hydrogens is 320 g/mol. The van der Waals surface area contributed by atoms with Gasteiger partial charge in [0.1, 0.15) is 17.9 Å². The van der Waals surface area contributed by atoms with E-state index in [2.05, 4.69) is 50.4 Å². The van der Waals surface area contributed by atoms with Crippen molar-refractivity contribution in [3.05, 3.63) is 40.4 Å². The number of halogens is 1. The Kier molecular flexibility index (Phi) is 5.14. The molecule has 2 aromatic rings. The number of hydrogen-bond donors (Lipinski definition) is 1. The minimum atomic E-state index is 0.199. The van der Waals surface area contributed by atoms with Crippen LogP contribution >= 0.6 is 15.9 Å². The molecule has 0 bridgehead atoms. The normalized spacial score (nSPS) is 12.4. The van der Waals surface area contributed by atoms with Gasteiger partial charge in [0, 0.05) is 19.5 Å². The van der Waals surface area contributed by atoms with E-state index < -0.39 is 0 Å². The third-order valence-electron chi connectivity index (χ3n) is 3.22. The van der Waals surface area contributed by atoms with Crippen LogP contribution in [0, 0.1) is 0 Å².